The van der Waals surface area contributed by atoms with Crippen LogP contribution >= 0.6 is 0 Å². The van der Waals surface area contributed by atoms with Crippen molar-refractivity contribution in [1.82, 2.24) is 14.0 Å². The van der Waals surface area contributed by atoms with Crippen LogP contribution in [0.4, 0.5) is 9.18 Å². The number of rotatable bonds is 9. The molecule has 1 amide bonds. The van der Waals surface area contributed by atoms with Gasteiger partial charge in [0, 0.05) is 34.9 Å². The number of hydrogen-bond donors (Lipinski definition) is 1. The van der Waals surface area contributed by atoms with Crippen molar-refractivity contribution in [2.24, 2.45) is 13.0 Å². The van der Waals surface area contributed by atoms with Gasteiger partial charge in [-0.1, -0.05) is 31.8 Å². The van der Waals surface area contributed by atoms with Crippen molar-refractivity contribution >= 4 is 25.2 Å². The van der Waals surface area contributed by atoms with Gasteiger partial charge in [0.2, 0.25) is 0 Å². The zero-order valence-electron chi connectivity index (χ0n) is 21.2. The monoisotopic (exact) mass is 507 g/mol. The molecule has 0 spiro atoms. The van der Waals surface area contributed by atoms with Crippen LogP contribution in [-0.4, -0.2) is 71.9 Å². The highest BCUT2D eigenvalue weighted by Crippen LogP contribution is 2.44. The van der Waals surface area contributed by atoms with E-state index in [0.29, 0.717) is 38.0 Å². The molecule has 1 N–H and O–H groups in total. The largest absolute Gasteiger partial charge is 0.465 e. The Hall–Kier alpha value is -2.17. The number of likely N-dealkylation sites (tertiary alicyclic amines) is 1. The summed E-state index contributed by atoms with van der Waals surface area (Å²) < 4.78 is 29.5. The molecular weight excluding hydrogens is 469 g/mol. The lowest BCUT2D eigenvalue weighted by atomic mass is 9.71. The number of benzene rings is 1. The molecule has 0 unspecified atom stereocenters. The van der Waals surface area contributed by atoms with Crippen molar-refractivity contribution in [3.8, 4) is 0 Å². The molecule has 2 atom stereocenters. The number of hydrogen-bond acceptors (Lipinski definition) is 4. The molecule has 1 aromatic carbocycles. The molecule has 4 rings (SSSR count). The molecule has 1 saturated heterocycles. The fourth-order valence-corrected chi connectivity index (χ4v) is 5.89. The Kier molecular flexibility index (Phi) is 7.73. The summed E-state index contributed by atoms with van der Waals surface area (Å²) in [4.78, 5) is 25.1. The number of aromatic nitrogens is 2. The van der Waals surface area contributed by atoms with E-state index in [1.807, 2.05) is 19.2 Å². The van der Waals surface area contributed by atoms with Crippen LogP contribution in [-0.2, 0) is 23.3 Å². The van der Waals surface area contributed by atoms with Gasteiger partial charge in [0.05, 0.1) is 23.7 Å². The number of piperidine rings is 1. The second-order valence-corrected chi connectivity index (χ2v) is 16.9. The smallest absolute Gasteiger partial charge is 0.407 e. The van der Waals surface area contributed by atoms with E-state index < -0.39 is 26.4 Å². The molecule has 2 aliphatic rings. The van der Waals surface area contributed by atoms with Gasteiger partial charge in [0.25, 0.3) is 0 Å². The van der Waals surface area contributed by atoms with Gasteiger partial charge in [-0.05, 0) is 48.8 Å². The van der Waals surface area contributed by atoms with Crippen molar-refractivity contribution in [2.75, 3.05) is 26.3 Å². The first-order valence-electron chi connectivity index (χ1n) is 12.5. The molecular formula is C25H38FN3O5Si. The summed E-state index contributed by atoms with van der Waals surface area (Å²) in [6.45, 7) is 8.51. The molecule has 10 heteroatoms. The number of para-hydroxylation sites is 1. The molecule has 2 heterocycles. The number of amides is 1. The van der Waals surface area contributed by atoms with E-state index in [1.165, 1.54) is 0 Å². The summed E-state index contributed by atoms with van der Waals surface area (Å²) >= 11 is 0. The Morgan fingerprint density at radius 3 is 2.66 bits per heavy atom. The molecule has 35 heavy (non-hydrogen) atoms. The van der Waals surface area contributed by atoms with E-state index in [4.69, 9.17) is 14.6 Å². The number of carbonyl (C=O) groups is 1. The molecule has 8 nitrogen and oxygen atoms in total. The minimum Gasteiger partial charge on any atom is -0.465 e. The number of imidazole rings is 1. The fourth-order valence-electron chi connectivity index (χ4n) is 5.13. The van der Waals surface area contributed by atoms with Crippen molar-refractivity contribution < 1.29 is 23.8 Å². The van der Waals surface area contributed by atoms with Crippen LogP contribution in [0.5, 0.6) is 0 Å². The van der Waals surface area contributed by atoms with E-state index >= 15 is 0 Å². The van der Waals surface area contributed by atoms with Crippen LogP contribution in [0, 0.1) is 5.92 Å². The quantitative estimate of drug-likeness (QED) is 0.405. The van der Waals surface area contributed by atoms with Crippen LogP contribution < -0.4 is 5.69 Å². The van der Waals surface area contributed by atoms with Gasteiger partial charge in [-0.3, -0.25) is 9.13 Å². The standard InChI is InChI=1S/C25H38FN3O5Si/c1-27-23-19(6-5-7-21(23)29(24(27)30)16-33-10-11-35(2,3)4)18-12-17(13-18)15-34-22-8-9-28(25(31)32)14-20(22)26/h5-7,17-18,20,22H,8-16H2,1-4H3,(H,31,32)/t17?,18?,20-,22-/m0/s1. The number of aryl methyl sites for hydroxylation is 1. The van der Waals surface area contributed by atoms with E-state index in [-0.39, 0.29) is 19.0 Å². The maximum atomic E-state index is 14.3. The summed E-state index contributed by atoms with van der Waals surface area (Å²) in [6, 6.07) is 7.14. The maximum Gasteiger partial charge on any atom is 0.407 e. The highest BCUT2D eigenvalue weighted by Gasteiger charge is 2.36. The average Bonchev–Trinajstić information content (AvgIpc) is 3.00. The Morgan fingerprint density at radius 2 is 2.00 bits per heavy atom. The van der Waals surface area contributed by atoms with Crippen molar-refractivity contribution in [2.45, 2.75) is 69.9 Å². The molecule has 2 aromatic rings. The maximum absolute atomic E-state index is 14.3. The van der Waals surface area contributed by atoms with Crippen LogP contribution in [0.1, 0.15) is 30.7 Å². The Labute approximate surface area is 206 Å². The third-order valence-corrected chi connectivity index (χ3v) is 9.08. The van der Waals surface area contributed by atoms with Gasteiger partial charge >= 0.3 is 11.8 Å². The molecule has 0 radical (unpaired) electrons. The van der Waals surface area contributed by atoms with Crippen LogP contribution in [0.3, 0.4) is 0 Å². The summed E-state index contributed by atoms with van der Waals surface area (Å²) in [7, 11) is 0.627. The van der Waals surface area contributed by atoms with Gasteiger partial charge in [0.15, 0.2) is 0 Å². The second-order valence-electron chi connectivity index (χ2n) is 11.3. The average molecular weight is 508 g/mol. The number of carboxylic acid groups (broad SMARTS) is 1. The van der Waals surface area contributed by atoms with Gasteiger partial charge in [-0.15, -0.1) is 0 Å². The third-order valence-electron chi connectivity index (χ3n) is 7.38. The lowest BCUT2D eigenvalue weighted by molar-refractivity contribution is -0.0632. The predicted octanol–water partition coefficient (Wildman–Crippen LogP) is 4.25. The van der Waals surface area contributed by atoms with E-state index in [0.717, 1.165) is 40.4 Å². The zero-order chi connectivity index (χ0) is 25.3. The first kappa shape index (κ1) is 25.9. The molecule has 0 bridgehead atoms. The van der Waals surface area contributed by atoms with Gasteiger partial charge in [-0.2, -0.15) is 0 Å². The number of halogens is 1. The molecule has 194 valence electrons. The lowest BCUT2D eigenvalue weighted by Gasteiger charge is -2.38. The zero-order valence-corrected chi connectivity index (χ0v) is 22.2. The van der Waals surface area contributed by atoms with Crippen LogP contribution in [0.25, 0.3) is 11.0 Å². The fraction of sp³-hybridized carbons (Fsp3) is 0.680. The number of fused-ring (bicyclic) bond motifs is 1. The summed E-state index contributed by atoms with van der Waals surface area (Å²) in [5.41, 5.74) is 2.95. The minimum absolute atomic E-state index is 0.0682. The minimum atomic E-state index is -1.29. The molecule has 2 fully saturated rings. The van der Waals surface area contributed by atoms with E-state index in [1.54, 1.807) is 9.13 Å². The summed E-state index contributed by atoms with van der Waals surface area (Å²) in [5, 5.41) is 9.03. The molecule has 1 aliphatic carbocycles. The second kappa shape index (κ2) is 10.4. The van der Waals surface area contributed by atoms with Gasteiger partial charge in [0.1, 0.15) is 12.9 Å². The third kappa shape index (κ3) is 5.81. The Balaban J connectivity index is 1.35. The highest BCUT2D eigenvalue weighted by atomic mass is 28.3. The normalized spacial score (nSPS) is 25.1. The Morgan fingerprint density at radius 1 is 1.26 bits per heavy atom. The van der Waals surface area contributed by atoms with Crippen molar-refractivity contribution in [3.05, 3.63) is 34.2 Å². The number of alkyl halides is 1. The molecule has 1 saturated carbocycles. The first-order chi connectivity index (χ1) is 16.5. The molecule has 1 aliphatic heterocycles. The van der Waals surface area contributed by atoms with Crippen molar-refractivity contribution in [1.29, 1.82) is 0 Å². The van der Waals surface area contributed by atoms with Gasteiger partial charge < -0.3 is 19.5 Å². The number of ether oxygens (including phenoxy) is 2. The van der Waals surface area contributed by atoms with Crippen molar-refractivity contribution in [3.63, 3.8) is 0 Å². The highest BCUT2D eigenvalue weighted by molar-refractivity contribution is 6.76. The Bertz CT molecular complexity index is 1100. The van der Waals surface area contributed by atoms with E-state index in [2.05, 4.69) is 25.7 Å². The number of nitrogens with zero attached hydrogens (tertiary/aromatic N) is 3. The topological polar surface area (TPSA) is 85.9 Å². The summed E-state index contributed by atoms with van der Waals surface area (Å²) in [5.74, 6) is 0.667. The first-order valence-corrected chi connectivity index (χ1v) is 16.3. The lowest BCUT2D eigenvalue weighted by Crippen LogP contribution is -2.48. The van der Waals surface area contributed by atoms with Crippen LogP contribution in [0.15, 0.2) is 23.0 Å². The van der Waals surface area contributed by atoms with Crippen LogP contribution in [0.2, 0.25) is 25.7 Å². The SMILES string of the molecule is Cn1c(=O)n(COCC[Si](C)(C)C)c2cccc(C3CC(CO[C@H]4CCN(C(=O)O)C[C@@H]4F)C3)c21. The summed E-state index contributed by atoms with van der Waals surface area (Å²) in [6.07, 6.45) is -0.663. The van der Waals surface area contributed by atoms with Gasteiger partial charge in [-0.25, -0.2) is 14.0 Å². The predicted molar refractivity (Wildman–Crippen MR) is 136 cm³/mol. The molecule has 1 aromatic heterocycles. The van der Waals surface area contributed by atoms with E-state index in [9.17, 15) is 14.0 Å².